The summed E-state index contributed by atoms with van der Waals surface area (Å²) in [7, 11) is 1.32. The molecule has 2 aromatic carbocycles. The lowest BCUT2D eigenvalue weighted by molar-refractivity contribution is -0.136. The third-order valence-electron chi connectivity index (χ3n) is 6.22. The van der Waals surface area contributed by atoms with Crippen molar-refractivity contribution < 1.29 is 18.7 Å². The molecule has 1 fully saturated rings. The number of piperidine rings is 1. The monoisotopic (exact) mass is 437 g/mol. The van der Waals surface area contributed by atoms with Crippen LogP contribution in [0.2, 0.25) is 0 Å². The molecule has 2 aromatic rings. The summed E-state index contributed by atoms with van der Waals surface area (Å²) in [5.41, 5.74) is 2.87. The second-order valence-electron chi connectivity index (χ2n) is 8.38. The average molecular weight is 438 g/mol. The number of methoxy groups -OCH3 is 1. The summed E-state index contributed by atoms with van der Waals surface area (Å²) in [6.45, 7) is 2.23. The molecule has 32 heavy (non-hydrogen) atoms. The molecule has 0 radical (unpaired) electrons. The number of hydrogen-bond acceptors (Lipinski definition) is 4. The van der Waals surface area contributed by atoms with Crippen LogP contribution in [0.3, 0.4) is 0 Å². The Morgan fingerprint density at radius 2 is 1.78 bits per heavy atom. The van der Waals surface area contributed by atoms with E-state index in [9.17, 15) is 14.0 Å². The molecule has 0 saturated carbocycles. The molecule has 0 unspecified atom stereocenters. The first-order chi connectivity index (χ1) is 15.5. The second kappa shape index (κ2) is 9.96. The SMILES string of the molecule is COC(=O)C1=C(CN2CCC(Cc3ccccc3)CC2)NC(=O)N[C@@H]1c1ccc(F)cc1. The first-order valence-corrected chi connectivity index (χ1v) is 10.9. The Hall–Kier alpha value is -3.19. The number of rotatable bonds is 6. The highest BCUT2D eigenvalue weighted by atomic mass is 19.1. The zero-order chi connectivity index (χ0) is 22.5. The molecule has 4 rings (SSSR count). The highest BCUT2D eigenvalue weighted by Gasteiger charge is 2.34. The average Bonchev–Trinajstić information content (AvgIpc) is 2.81. The summed E-state index contributed by atoms with van der Waals surface area (Å²) in [6.07, 6.45) is 3.19. The van der Waals surface area contributed by atoms with Gasteiger partial charge in [0.15, 0.2) is 0 Å². The van der Waals surface area contributed by atoms with Gasteiger partial charge in [-0.05, 0) is 61.5 Å². The van der Waals surface area contributed by atoms with E-state index in [1.807, 2.05) is 6.07 Å². The predicted octanol–water partition coefficient (Wildman–Crippen LogP) is 3.56. The van der Waals surface area contributed by atoms with E-state index in [4.69, 9.17) is 4.74 Å². The number of amides is 2. The number of urea groups is 1. The third kappa shape index (κ3) is 5.16. The minimum Gasteiger partial charge on any atom is -0.466 e. The van der Waals surface area contributed by atoms with Gasteiger partial charge in [0.05, 0.1) is 18.7 Å². The van der Waals surface area contributed by atoms with Crippen LogP contribution in [0.15, 0.2) is 65.9 Å². The topological polar surface area (TPSA) is 70.7 Å². The van der Waals surface area contributed by atoms with Gasteiger partial charge in [0.1, 0.15) is 5.82 Å². The molecular formula is C25H28FN3O3. The number of nitrogens with zero attached hydrogens (tertiary/aromatic N) is 1. The summed E-state index contributed by atoms with van der Waals surface area (Å²) < 4.78 is 18.4. The van der Waals surface area contributed by atoms with Gasteiger partial charge in [-0.25, -0.2) is 14.0 Å². The van der Waals surface area contributed by atoms with E-state index >= 15 is 0 Å². The van der Waals surface area contributed by atoms with Gasteiger partial charge in [-0.15, -0.1) is 0 Å². The van der Waals surface area contributed by atoms with Crippen LogP contribution in [0.4, 0.5) is 9.18 Å². The highest BCUT2D eigenvalue weighted by Crippen LogP contribution is 2.29. The van der Waals surface area contributed by atoms with Crippen molar-refractivity contribution in [3.8, 4) is 0 Å². The van der Waals surface area contributed by atoms with Crippen molar-refractivity contribution in [1.29, 1.82) is 0 Å². The standard InChI is InChI=1S/C25H28FN3O3/c1-32-24(30)22-21(27-25(31)28-23(22)19-7-9-20(26)10-8-19)16-29-13-11-18(12-14-29)15-17-5-3-2-4-6-17/h2-10,18,23H,11-16H2,1H3,(H2,27,28,31)/t23-/m1/s1. The van der Waals surface area contributed by atoms with Crippen LogP contribution in [-0.4, -0.2) is 43.6 Å². The number of benzene rings is 2. The van der Waals surface area contributed by atoms with Crippen molar-refractivity contribution in [2.45, 2.75) is 25.3 Å². The molecule has 2 amide bonds. The molecule has 168 valence electrons. The summed E-state index contributed by atoms with van der Waals surface area (Å²) >= 11 is 0. The van der Waals surface area contributed by atoms with Gasteiger partial charge in [-0.1, -0.05) is 42.5 Å². The molecule has 1 atom stereocenters. The van der Waals surface area contributed by atoms with Crippen LogP contribution in [-0.2, 0) is 16.0 Å². The minimum atomic E-state index is -0.692. The normalized spacial score (nSPS) is 19.9. The summed E-state index contributed by atoms with van der Waals surface area (Å²) in [5, 5.41) is 5.57. The van der Waals surface area contributed by atoms with E-state index in [0.29, 0.717) is 29.3 Å². The van der Waals surface area contributed by atoms with Crippen molar-refractivity contribution in [3.05, 3.63) is 82.8 Å². The molecule has 0 aromatic heterocycles. The van der Waals surface area contributed by atoms with Gasteiger partial charge >= 0.3 is 12.0 Å². The number of halogens is 1. The second-order valence-corrected chi connectivity index (χ2v) is 8.38. The molecule has 2 aliphatic rings. The van der Waals surface area contributed by atoms with Gasteiger partial charge < -0.3 is 15.4 Å². The van der Waals surface area contributed by atoms with Crippen molar-refractivity contribution in [2.75, 3.05) is 26.7 Å². The third-order valence-corrected chi connectivity index (χ3v) is 6.22. The lowest BCUT2D eigenvalue weighted by atomic mass is 9.89. The molecule has 0 bridgehead atoms. The zero-order valence-electron chi connectivity index (χ0n) is 18.1. The Bertz CT molecular complexity index is 983. The molecule has 6 nitrogen and oxygen atoms in total. The molecule has 0 spiro atoms. The van der Waals surface area contributed by atoms with Crippen LogP contribution in [0.5, 0.6) is 0 Å². The lowest BCUT2D eigenvalue weighted by Gasteiger charge is -2.35. The smallest absolute Gasteiger partial charge is 0.338 e. The molecule has 2 N–H and O–H groups in total. The molecule has 0 aliphatic carbocycles. The lowest BCUT2D eigenvalue weighted by Crippen LogP contribution is -2.49. The van der Waals surface area contributed by atoms with Gasteiger partial charge in [-0.2, -0.15) is 0 Å². The van der Waals surface area contributed by atoms with E-state index < -0.39 is 12.0 Å². The van der Waals surface area contributed by atoms with Gasteiger partial charge in [-0.3, -0.25) is 4.90 Å². The Morgan fingerprint density at radius 3 is 2.44 bits per heavy atom. The summed E-state index contributed by atoms with van der Waals surface area (Å²) in [5.74, 6) is -0.269. The van der Waals surface area contributed by atoms with Gasteiger partial charge in [0, 0.05) is 12.2 Å². The number of ether oxygens (including phenoxy) is 1. The summed E-state index contributed by atoms with van der Waals surface area (Å²) in [4.78, 5) is 27.3. The van der Waals surface area contributed by atoms with Crippen LogP contribution in [0.25, 0.3) is 0 Å². The molecule has 7 heteroatoms. The maximum atomic E-state index is 13.4. The number of hydrogen-bond donors (Lipinski definition) is 2. The first kappa shape index (κ1) is 22.0. The fraction of sp³-hybridized carbons (Fsp3) is 0.360. The van der Waals surface area contributed by atoms with Crippen molar-refractivity contribution >= 4 is 12.0 Å². The van der Waals surface area contributed by atoms with E-state index in [1.165, 1.54) is 24.8 Å². The van der Waals surface area contributed by atoms with Gasteiger partial charge in [0.2, 0.25) is 0 Å². The van der Waals surface area contributed by atoms with Crippen LogP contribution in [0, 0.1) is 11.7 Å². The quantitative estimate of drug-likeness (QED) is 0.678. The largest absolute Gasteiger partial charge is 0.466 e. The Morgan fingerprint density at radius 1 is 1.09 bits per heavy atom. The van der Waals surface area contributed by atoms with E-state index in [2.05, 4.69) is 39.8 Å². The number of carbonyl (C=O) groups excluding carboxylic acids is 2. The molecule has 1 saturated heterocycles. The minimum absolute atomic E-state index is 0.352. The fourth-order valence-electron chi connectivity index (χ4n) is 4.52. The predicted molar refractivity (Wildman–Crippen MR) is 119 cm³/mol. The van der Waals surface area contributed by atoms with Crippen LogP contribution in [0.1, 0.15) is 30.0 Å². The number of likely N-dealkylation sites (tertiary alicyclic amines) is 1. The number of nitrogens with one attached hydrogen (secondary N) is 2. The number of carbonyl (C=O) groups is 2. The van der Waals surface area contributed by atoms with Crippen LogP contribution < -0.4 is 10.6 Å². The van der Waals surface area contributed by atoms with E-state index in [-0.39, 0.29) is 11.8 Å². The molecular weight excluding hydrogens is 409 g/mol. The highest BCUT2D eigenvalue weighted by molar-refractivity contribution is 5.95. The fourth-order valence-corrected chi connectivity index (χ4v) is 4.52. The Labute approximate surface area is 187 Å². The first-order valence-electron chi connectivity index (χ1n) is 10.9. The Kier molecular flexibility index (Phi) is 6.85. The Balaban J connectivity index is 1.49. The molecule has 2 aliphatic heterocycles. The summed E-state index contributed by atoms with van der Waals surface area (Å²) in [6, 6.07) is 15.2. The van der Waals surface area contributed by atoms with Gasteiger partial charge in [0.25, 0.3) is 0 Å². The number of esters is 1. The maximum absolute atomic E-state index is 13.4. The van der Waals surface area contributed by atoms with Crippen molar-refractivity contribution in [1.82, 2.24) is 15.5 Å². The van der Waals surface area contributed by atoms with E-state index in [1.54, 1.807) is 12.1 Å². The van der Waals surface area contributed by atoms with Crippen molar-refractivity contribution in [2.24, 2.45) is 5.92 Å². The zero-order valence-corrected chi connectivity index (χ0v) is 18.1. The maximum Gasteiger partial charge on any atom is 0.338 e. The molecule has 2 heterocycles. The van der Waals surface area contributed by atoms with Crippen molar-refractivity contribution in [3.63, 3.8) is 0 Å². The van der Waals surface area contributed by atoms with E-state index in [0.717, 1.165) is 32.4 Å². The van der Waals surface area contributed by atoms with Crippen LogP contribution >= 0.6 is 0 Å².